The first kappa shape index (κ1) is 9.42. The third-order valence-corrected chi connectivity index (χ3v) is 2.42. The first-order chi connectivity index (χ1) is 5.58. The molecule has 0 saturated carbocycles. The zero-order chi connectivity index (χ0) is 9.03. The topological polar surface area (TPSA) is 13.1 Å². The van der Waals surface area contributed by atoms with E-state index in [2.05, 4.69) is 19.6 Å². The van der Waals surface area contributed by atoms with Gasteiger partial charge in [-0.25, -0.2) is 0 Å². The lowest BCUT2D eigenvalue weighted by molar-refractivity contribution is -0.726. The standard InChI is InChI=1S/C9H16NOSi/c1-12(2,3)11-9-10-7-5-4-6-8-10/h4-8H,9H2,1-3H3/q+1. The molecule has 1 aromatic rings. The van der Waals surface area contributed by atoms with Crippen LogP contribution in [-0.2, 0) is 11.2 Å². The fourth-order valence-electron chi connectivity index (χ4n) is 0.789. The summed E-state index contributed by atoms with van der Waals surface area (Å²) in [5.41, 5.74) is 0. The van der Waals surface area contributed by atoms with Gasteiger partial charge in [0.1, 0.15) is 0 Å². The Labute approximate surface area is 74.9 Å². The number of rotatable bonds is 3. The SMILES string of the molecule is C[Si](C)(C)OC[n+]1ccccc1. The first-order valence-electron chi connectivity index (χ1n) is 4.16. The normalized spacial score (nSPS) is 11.6. The summed E-state index contributed by atoms with van der Waals surface area (Å²) in [5, 5.41) is 0. The van der Waals surface area contributed by atoms with Gasteiger partial charge in [0, 0.05) is 12.1 Å². The number of nitrogens with zero attached hydrogens (tertiary/aromatic N) is 1. The molecule has 1 aromatic heterocycles. The molecule has 0 bridgehead atoms. The van der Waals surface area contributed by atoms with E-state index in [4.69, 9.17) is 4.43 Å². The molecule has 66 valence electrons. The van der Waals surface area contributed by atoms with E-state index in [1.165, 1.54) is 0 Å². The average Bonchev–Trinajstić information content (AvgIpc) is 2.02. The molecule has 0 amide bonds. The van der Waals surface area contributed by atoms with Crippen LogP contribution in [0.4, 0.5) is 0 Å². The zero-order valence-electron chi connectivity index (χ0n) is 7.95. The van der Waals surface area contributed by atoms with E-state index in [9.17, 15) is 0 Å². The third-order valence-electron chi connectivity index (χ3n) is 1.42. The summed E-state index contributed by atoms with van der Waals surface area (Å²) in [5.74, 6) is 0. The first-order valence-corrected chi connectivity index (χ1v) is 7.57. The molecule has 0 radical (unpaired) electrons. The van der Waals surface area contributed by atoms with Crippen LogP contribution in [0.3, 0.4) is 0 Å². The summed E-state index contributed by atoms with van der Waals surface area (Å²) < 4.78 is 7.76. The van der Waals surface area contributed by atoms with Crippen LogP contribution in [0.1, 0.15) is 0 Å². The molecule has 0 N–H and O–H groups in total. The predicted molar refractivity (Wildman–Crippen MR) is 51.1 cm³/mol. The summed E-state index contributed by atoms with van der Waals surface area (Å²) in [6.45, 7) is 7.25. The van der Waals surface area contributed by atoms with Crippen molar-refractivity contribution < 1.29 is 8.99 Å². The van der Waals surface area contributed by atoms with Crippen LogP contribution in [0, 0.1) is 0 Å². The van der Waals surface area contributed by atoms with E-state index in [1.807, 2.05) is 35.2 Å². The quantitative estimate of drug-likeness (QED) is 0.513. The smallest absolute Gasteiger partial charge is 0.243 e. The molecule has 0 atom stereocenters. The maximum Gasteiger partial charge on any atom is 0.243 e. The number of hydrogen-bond acceptors (Lipinski definition) is 1. The van der Waals surface area contributed by atoms with Crippen molar-refractivity contribution in [1.29, 1.82) is 0 Å². The lowest BCUT2D eigenvalue weighted by Gasteiger charge is -2.13. The van der Waals surface area contributed by atoms with Crippen LogP contribution in [0.25, 0.3) is 0 Å². The van der Waals surface area contributed by atoms with E-state index in [0.717, 1.165) is 0 Å². The maximum atomic E-state index is 5.72. The Hall–Kier alpha value is -0.673. The molecular formula is C9H16NOSi+. The van der Waals surface area contributed by atoms with Crippen molar-refractivity contribution in [2.75, 3.05) is 0 Å². The van der Waals surface area contributed by atoms with E-state index >= 15 is 0 Å². The second-order valence-corrected chi connectivity index (χ2v) is 8.29. The van der Waals surface area contributed by atoms with Crippen LogP contribution in [-0.4, -0.2) is 8.32 Å². The lowest BCUT2D eigenvalue weighted by Crippen LogP contribution is -2.39. The van der Waals surface area contributed by atoms with Gasteiger partial charge < -0.3 is 4.43 Å². The Balaban J connectivity index is 2.44. The second kappa shape index (κ2) is 3.82. The lowest BCUT2D eigenvalue weighted by atomic mass is 10.5. The summed E-state index contributed by atoms with van der Waals surface area (Å²) in [6.07, 6.45) is 4.03. The highest BCUT2D eigenvalue weighted by Gasteiger charge is 2.15. The molecule has 0 aliphatic rings. The Morgan fingerprint density at radius 1 is 1.08 bits per heavy atom. The second-order valence-electron chi connectivity index (χ2n) is 3.78. The van der Waals surface area contributed by atoms with Gasteiger partial charge >= 0.3 is 0 Å². The van der Waals surface area contributed by atoms with E-state index in [0.29, 0.717) is 6.73 Å². The highest BCUT2D eigenvalue weighted by molar-refractivity contribution is 6.69. The molecule has 1 heterocycles. The molecule has 1 rings (SSSR count). The van der Waals surface area contributed by atoms with Gasteiger partial charge in [0.2, 0.25) is 6.73 Å². The molecule has 0 aliphatic heterocycles. The average molecular weight is 182 g/mol. The Kier molecular flexibility index (Phi) is 3.00. The Morgan fingerprint density at radius 3 is 2.17 bits per heavy atom. The van der Waals surface area contributed by atoms with Gasteiger partial charge in [-0.3, -0.25) is 0 Å². The number of aromatic nitrogens is 1. The molecule has 0 unspecified atom stereocenters. The molecule has 0 spiro atoms. The highest BCUT2D eigenvalue weighted by atomic mass is 28.4. The highest BCUT2D eigenvalue weighted by Crippen LogP contribution is 2.00. The summed E-state index contributed by atoms with van der Waals surface area (Å²) >= 11 is 0. The minimum Gasteiger partial charge on any atom is -0.366 e. The van der Waals surface area contributed by atoms with Crippen molar-refractivity contribution in [1.82, 2.24) is 0 Å². The van der Waals surface area contributed by atoms with Gasteiger partial charge in [-0.2, -0.15) is 4.57 Å². The van der Waals surface area contributed by atoms with Gasteiger partial charge in [-0.1, -0.05) is 6.07 Å². The molecule has 0 saturated heterocycles. The van der Waals surface area contributed by atoms with Crippen LogP contribution in [0.15, 0.2) is 30.6 Å². The Bertz CT molecular complexity index is 230. The fraction of sp³-hybridized carbons (Fsp3) is 0.444. The van der Waals surface area contributed by atoms with Crippen molar-refractivity contribution in [3.63, 3.8) is 0 Å². The van der Waals surface area contributed by atoms with Crippen LogP contribution in [0.5, 0.6) is 0 Å². The summed E-state index contributed by atoms with van der Waals surface area (Å²) in [7, 11) is -1.36. The van der Waals surface area contributed by atoms with Gasteiger partial charge in [-0.15, -0.1) is 0 Å². The van der Waals surface area contributed by atoms with Gasteiger partial charge in [0.25, 0.3) is 0 Å². The molecule has 0 aromatic carbocycles. The summed E-state index contributed by atoms with van der Waals surface area (Å²) in [6, 6.07) is 6.02. The van der Waals surface area contributed by atoms with Crippen molar-refractivity contribution in [3.8, 4) is 0 Å². The van der Waals surface area contributed by atoms with Crippen molar-refractivity contribution in [2.24, 2.45) is 0 Å². The van der Waals surface area contributed by atoms with E-state index in [1.54, 1.807) is 0 Å². The Morgan fingerprint density at radius 2 is 1.67 bits per heavy atom. The van der Waals surface area contributed by atoms with Crippen LogP contribution < -0.4 is 4.57 Å². The predicted octanol–water partition coefficient (Wildman–Crippen LogP) is 1.78. The third kappa shape index (κ3) is 3.64. The van der Waals surface area contributed by atoms with Gasteiger partial charge in [0.05, 0.1) is 0 Å². The molecule has 12 heavy (non-hydrogen) atoms. The van der Waals surface area contributed by atoms with Crippen LogP contribution in [0.2, 0.25) is 19.6 Å². The minimum atomic E-state index is -1.36. The monoisotopic (exact) mass is 182 g/mol. The molecular weight excluding hydrogens is 166 g/mol. The molecule has 2 nitrogen and oxygen atoms in total. The maximum absolute atomic E-state index is 5.72. The largest absolute Gasteiger partial charge is 0.366 e. The van der Waals surface area contributed by atoms with Crippen LogP contribution >= 0.6 is 0 Å². The minimum absolute atomic E-state index is 0.677. The fourth-order valence-corrected chi connectivity index (χ4v) is 1.32. The molecule has 0 fully saturated rings. The number of pyridine rings is 1. The van der Waals surface area contributed by atoms with Gasteiger partial charge in [-0.05, 0) is 19.6 Å². The zero-order valence-corrected chi connectivity index (χ0v) is 8.95. The van der Waals surface area contributed by atoms with Gasteiger partial charge in [0.15, 0.2) is 20.7 Å². The number of hydrogen-bond donors (Lipinski definition) is 0. The molecule has 0 aliphatic carbocycles. The van der Waals surface area contributed by atoms with Crippen molar-refractivity contribution in [2.45, 2.75) is 26.4 Å². The van der Waals surface area contributed by atoms with E-state index < -0.39 is 8.32 Å². The van der Waals surface area contributed by atoms with E-state index in [-0.39, 0.29) is 0 Å². The molecule has 3 heteroatoms. The summed E-state index contributed by atoms with van der Waals surface area (Å²) in [4.78, 5) is 0. The van der Waals surface area contributed by atoms with Crippen molar-refractivity contribution >= 4 is 8.32 Å². The van der Waals surface area contributed by atoms with Crippen molar-refractivity contribution in [3.05, 3.63) is 30.6 Å².